The molecule has 1 unspecified atom stereocenters. The third kappa shape index (κ3) is 6.72. The molecule has 0 aliphatic carbocycles. The van der Waals surface area contributed by atoms with Crippen molar-refractivity contribution in [3.8, 4) is 5.75 Å². The molecule has 2 rings (SSSR count). The van der Waals surface area contributed by atoms with Crippen LogP contribution in [0.25, 0.3) is 0 Å². The van der Waals surface area contributed by atoms with Crippen LogP contribution in [0.3, 0.4) is 0 Å². The highest BCUT2D eigenvalue weighted by molar-refractivity contribution is 5.87. The van der Waals surface area contributed by atoms with E-state index < -0.39 is 6.04 Å². The Morgan fingerprint density at radius 1 is 1.04 bits per heavy atom. The summed E-state index contributed by atoms with van der Waals surface area (Å²) in [6.07, 6.45) is 2.65. The Labute approximate surface area is 167 Å². The molecule has 2 aromatic rings. The van der Waals surface area contributed by atoms with Crippen molar-refractivity contribution >= 4 is 11.8 Å². The van der Waals surface area contributed by atoms with Gasteiger partial charge in [-0.05, 0) is 74.4 Å². The Morgan fingerprint density at radius 3 is 2.32 bits per heavy atom. The number of amides is 2. The molecule has 28 heavy (non-hydrogen) atoms. The summed E-state index contributed by atoms with van der Waals surface area (Å²) in [6.45, 7) is 6.12. The predicted octanol–water partition coefficient (Wildman–Crippen LogP) is 3.20. The number of aryl methyl sites for hydroxylation is 3. The molecule has 150 valence electrons. The highest BCUT2D eigenvalue weighted by Gasteiger charge is 2.15. The second kappa shape index (κ2) is 10.5. The van der Waals surface area contributed by atoms with Crippen LogP contribution < -0.4 is 10.6 Å². The Bertz CT molecular complexity index is 780. The lowest BCUT2D eigenvalue weighted by Gasteiger charge is -2.15. The Morgan fingerprint density at radius 2 is 1.68 bits per heavy atom. The molecule has 3 N–H and O–H groups in total. The Hall–Kier alpha value is -2.82. The van der Waals surface area contributed by atoms with E-state index in [1.165, 1.54) is 5.56 Å². The minimum absolute atomic E-state index is 0.154. The summed E-state index contributed by atoms with van der Waals surface area (Å²) in [5, 5.41) is 15.2. The summed E-state index contributed by atoms with van der Waals surface area (Å²) in [4.78, 5) is 24.4. The standard InChI is InChI=1S/C23H30N2O3/c1-16-14-20(26)15-17(2)21(16)11-12-22(27)25-18(3)23(28)24-13-7-10-19-8-5-4-6-9-19/h4-6,8-9,14-15,18,26H,7,10-13H2,1-3H3,(H,24,28)(H,25,27). The Balaban J connectivity index is 1.70. The van der Waals surface area contributed by atoms with Crippen molar-refractivity contribution in [2.45, 2.75) is 52.5 Å². The SMILES string of the molecule is Cc1cc(O)cc(C)c1CCC(=O)NC(C)C(=O)NCCCc1ccccc1. The van der Waals surface area contributed by atoms with Crippen LogP contribution in [-0.4, -0.2) is 29.5 Å². The molecule has 0 heterocycles. The van der Waals surface area contributed by atoms with E-state index in [1.807, 2.05) is 32.0 Å². The molecule has 0 aliphatic heterocycles. The van der Waals surface area contributed by atoms with E-state index in [1.54, 1.807) is 19.1 Å². The van der Waals surface area contributed by atoms with Crippen molar-refractivity contribution in [2.75, 3.05) is 6.54 Å². The molecule has 5 heteroatoms. The first-order valence-electron chi connectivity index (χ1n) is 9.77. The average molecular weight is 383 g/mol. The number of carbonyl (C=O) groups is 2. The maximum atomic E-state index is 12.2. The fourth-order valence-electron chi connectivity index (χ4n) is 3.28. The molecule has 0 aromatic heterocycles. The highest BCUT2D eigenvalue weighted by atomic mass is 16.3. The second-order valence-electron chi connectivity index (χ2n) is 7.23. The molecule has 0 fully saturated rings. The van der Waals surface area contributed by atoms with E-state index in [9.17, 15) is 14.7 Å². The average Bonchev–Trinajstić information content (AvgIpc) is 2.65. The third-order valence-corrected chi connectivity index (χ3v) is 4.84. The molecule has 0 aliphatic rings. The monoisotopic (exact) mass is 382 g/mol. The van der Waals surface area contributed by atoms with Crippen LogP contribution >= 0.6 is 0 Å². The number of carbonyl (C=O) groups excluding carboxylic acids is 2. The minimum Gasteiger partial charge on any atom is -0.508 e. The van der Waals surface area contributed by atoms with Crippen LogP contribution in [0.4, 0.5) is 0 Å². The van der Waals surface area contributed by atoms with E-state index in [4.69, 9.17) is 0 Å². The molecule has 0 radical (unpaired) electrons. The highest BCUT2D eigenvalue weighted by Crippen LogP contribution is 2.21. The van der Waals surface area contributed by atoms with Gasteiger partial charge in [-0.1, -0.05) is 30.3 Å². The normalized spacial score (nSPS) is 11.7. The quantitative estimate of drug-likeness (QED) is 0.583. The van der Waals surface area contributed by atoms with Crippen LogP contribution in [0.15, 0.2) is 42.5 Å². The van der Waals surface area contributed by atoms with Crippen molar-refractivity contribution in [3.63, 3.8) is 0 Å². The number of benzene rings is 2. The van der Waals surface area contributed by atoms with Gasteiger partial charge < -0.3 is 15.7 Å². The van der Waals surface area contributed by atoms with E-state index in [0.29, 0.717) is 19.4 Å². The summed E-state index contributed by atoms with van der Waals surface area (Å²) in [5.74, 6) is -0.0852. The fourth-order valence-corrected chi connectivity index (χ4v) is 3.28. The lowest BCUT2D eigenvalue weighted by molar-refractivity contribution is -0.128. The maximum absolute atomic E-state index is 12.2. The summed E-state index contributed by atoms with van der Waals surface area (Å²) >= 11 is 0. The second-order valence-corrected chi connectivity index (χ2v) is 7.23. The van der Waals surface area contributed by atoms with Crippen molar-refractivity contribution in [1.29, 1.82) is 0 Å². The van der Waals surface area contributed by atoms with Gasteiger partial charge in [0.1, 0.15) is 11.8 Å². The van der Waals surface area contributed by atoms with E-state index in [0.717, 1.165) is 29.5 Å². The lowest BCUT2D eigenvalue weighted by Crippen LogP contribution is -2.45. The van der Waals surface area contributed by atoms with Gasteiger partial charge in [0.15, 0.2) is 0 Å². The van der Waals surface area contributed by atoms with E-state index in [-0.39, 0.29) is 17.6 Å². The summed E-state index contributed by atoms with van der Waals surface area (Å²) < 4.78 is 0. The van der Waals surface area contributed by atoms with Crippen LogP contribution in [0.5, 0.6) is 5.75 Å². The molecule has 0 saturated carbocycles. The molecular weight excluding hydrogens is 352 g/mol. The molecule has 0 saturated heterocycles. The fraction of sp³-hybridized carbons (Fsp3) is 0.391. The number of hydrogen-bond acceptors (Lipinski definition) is 3. The Kier molecular flexibility index (Phi) is 8.05. The molecular formula is C23H30N2O3. The van der Waals surface area contributed by atoms with Gasteiger partial charge in [0, 0.05) is 13.0 Å². The zero-order chi connectivity index (χ0) is 20.5. The van der Waals surface area contributed by atoms with Gasteiger partial charge in [-0.25, -0.2) is 0 Å². The van der Waals surface area contributed by atoms with Crippen LogP contribution in [0, 0.1) is 13.8 Å². The molecule has 5 nitrogen and oxygen atoms in total. The van der Waals surface area contributed by atoms with Crippen molar-refractivity contribution in [2.24, 2.45) is 0 Å². The van der Waals surface area contributed by atoms with Crippen molar-refractivity contribution < 1.29 is 14.7 Å². The van der Waals surface area contributed by atoms with Gasteiger partial charge in [-0.2, -0.15) is 0 Å². The molecule has 0 bridgehead atoms. The number of phenols is 1. The van der Waals surface area contributed by atoms with Crippen molar-refractivity contribution in [3.05, 3.63) is 64.7 Å². The summed E-state index contributed by atoms with van der Waals surface area (Å²) in [5.41, 5.74) is 4.24. The molecule has 1 atom stereocenters. The van der Waals surface area contributed by atoms with Gasteiger partial charge >= 0.3 is 0 Å². The number of hydrogen-bond donors (Lipinski definition) is 3. The van der Waals surface area contributed by atoms with E-state index in [2.05, 4.69) is 22.8 Å². The van der Waals surface area contributed by atoms with Gasteiger partial charge in [0.2, 0.25) is 11.8 Å². The maximum Gasteiger partial charge on any atom is 0.242 e. The first-order chi connectivity index (χ1) is 13.4. The smallest absolute Gasteiger partial charge is 0.242 e. The first kappa shape index (κ1) is 21.5. The third-order valence-electron chi connectivity index (χ3n) is 4.84. The zero-order valence-corrected chi connectivity index (χ0v) is 16.9. The zero-order valence-electron chi connectivity index (χ0n) is 16.9. The van der Waals surface area contributed by atoms with Gasteiger partial charge in [-0.15, -0.1) is 0 Å². The number of rotatable bonds is 9. The van der Waals surface area contributed by atoms with Crippen LogP contribution in [-0.2, 0) is 22.4 Å². The largest absolute Gasteiger partial charge is 0.508 e. The van der Waals surface area contributed by atoms with Gasteiger partial charge in [0.25, 0.3) is 0 Å². The number of aromatic hydroxyl groups is 1. The number of phenolic OH excluding ortho intramolecular Hbond substituents is 1. The predicted molar refractivity (Wildman–Crippen MR) is 111 cm³/mol. The summed E-state index contributed by atoms with van der Waals surface area (Å²) in [7, 11) is 0. The first-order valence-corrected chi connectivity index (χ1v) is 9.77. The van der Waals surface area contributed by atoms with Crippen molar-refractivity contribution in [1.82, 2.24) is 10.6 Å². The van der Waals surface area contributed by atoms with Gasteiger partial charge in [0.05, 0.1) is 0 Å². The van der Waals surface area contributed by atoms with Gasteiger partial charge in [-0.3, -0.25) is 9.59 Å². The molecule has 0 spiro atoms. The summed E-state index contributed by atoms with van der Waals surface area (Å²) in [6, 6.07) is 13.0. The van der Waals surface area contributed by atoms with Crippen LogP contribution in [0.1, 0.15) is 42.0 Å². The topological polar surface area (TPSA) is 78.4 Å². The molecule has 2 amide bonds. The molecule has 2 aromatic carbocycles. The number of nitrogens with one attached hydrogen (secondary N) is 2. The van der Waals surface area contributed by atoms with Crippen LogP contribution in [0.2, 0.25) is 0 Å². The minimum atomic E-state index is -0.564. The van der Waals surface area contributed by atoms with E-state index >= 15 is 0 Å². The lowest BCUT2D eigenvalue weighted by atomic mass is 9.98.